The van der Waals surface area contributed by atoms with E-state index in [4.69, 9.17) is 9.72 Å². The van der Waals surface area contributed by atoms with Crippen molar-refractivity contribution in [1.82, 2.24) is 19.3 Å². The number of fused-ring (bicyclic) bond motifs is 4. The number of aromatic carboxylic acids is 1. The van der Waals surface area contributed by atoms with Crippen LogP contribution in [-0.4, -0.2) is 84.3 Å². The SMILES string of the molecule is CNc1cc(F)c(F)c2c1Cc1ncc(-c3ccc4ncc(C(=O)O)c(=O)n4c3)c(N3CCC(CN(C)CCOC)C3)c1-2. The largest absolute Gasteiger partial charge is 0.477 e. The van der Waals surface area contributed by atoms with E-state index in [2.05, 4.69) is 27.1 Å². The van der Waals surface area contributed by atoms with Gasteiger partial charge in [-0.1, -0.05) is 0 Å². The molecule has 4 heterocycles. The Hall–Kier alpha value is -4.42. The van der Waals surface area contributed by atoms with Crippen LogP contribution in [0.5, 0.6) is 0 Å². The van der Waals surface area contributed by atoms with E-state index in [9.17, 15) is 19.1 Å². The van der Waals surface area contributed by atoms with Gasteiger partial charge < -0.3 is 25.0 Å². The van der Waals surface area contributed by atoms with Crippen LogP contribution in [0.2, 0.25) is 0 Å². The predicted molar refractivity (Wildman–Crippen MR) is 159 cm³/mol. The molecule has 3 aromatic heterocycles. The van der Waals surface area contributed by atoms with Gasteiger partial charge in [-0.2, -0.15) is 0 Å². The van der Waals surface area contributed by atoms with Gasteiger partial charge in [0.05, 0.1) is 18.0 Å². The summed E-state index contributed by atoms with van der Waals surface area (Å²) in [7, 11) is 5.40. The molecule has 2 aliphatic rings. The summed E-state index contributed by atoms with van der Waals surface area (Å²) in [5, 5.41) is 12.5. The molecule has 1 aliphatic carbocycles. The molecule has 10 nitrogen and oxygen atoms in total. The third-order valence-electron chi connectivity index (χ3n) is 8.41. The molecule has 0 radical (unpaired) electrons. The lowest BCUT2D eigenvalue weighted by Gasteiger charge is -2.27. The second-order valence-electron chi connectivity index (χ2n) is 11.1. The van der Waals surface area contributed by atoms with Gasteiger partial charge in [0.2, 0.25) is 0 Å². The zero-order valence-corrected chi connectivity index (χ0v) is 24.2. The lowest BCUT2D eigenvalue weighted by molar-refractivity contribution is 0.0694. The second kappa shape index (κ2) is 11.3. The van der Waals surface area contributed by atoms with E-state index in [-0.39, 0.29) is 11.2 Å². The maximum absolute atomic E-state index is 15.7. The molecule has 224 valence electrons. The smallest absolute Gasteiger partial charge is 0.342 e. The van der Waals surface area contributed by atoms with Gasteiger partial charge in [0.1, 0.15) is 11.2 Å². The molecule has 1 unspecified atom stereocenters. The second-order valence-corrected chi connectivity index (χ2v) is 11.1. The Labute approximate surface area is 246 Å². The molecule has 6 rings (SSSR count). The number of methoxy groups -OCH3 is 1. The Morgan fingerprint density at radius 3 is 2.79 bits per heavy atom. The fourth-order valence-corrected chi connectivity index (χ4v) is 6.32. The van der Waals surface area contributed by atoms with Gasteiger partial charge in [0.15, 0.2) is 11.6 Å². The maximum Gasteiger partial charge on any atom is 0.342 e. The zero-order chi connectivity index (χ0) is 30.4. The predicted octanol–water partition coefficient (Wildman–Crippen LogP) is 3.75. The number of likely N-dealkylation sites (N-methyl/N-ethyl adjacent to an activating group) is 1. The van der Waals surface area contributed by atoms with Crippen LogP contribution in [0.25, 0.3) is 27.9 Å². The Balaban J connectivity index is 1.53. The van der Waals surface area contributed by atoms with Crippen LogP contribution in [0.15, 0.2) is 41.6 Å². The molecule has 0 amide bonds. The first-order valence-corrected chi connectivity index (χ1v) is 14.1. The number of halogens is 2. The quantitative estimate of drug-likeness (QED) is 0.265. The standard InChI is InChI=1S/C31H32F2N6O4/c1-34-23-11-22(32)28(33)26-19(23)10-24-27(26)29(38-7-6-17(15-38)14-37(2)8-9-43-3)20(12-35-24)18-4-5-25-36-13-21(31(41)42)30(40)39(25)16-18/h4-5,11-13,16-17,34H,6-10,14-15H2,1-3H3,(H,41,42). The summed E-state index contributed by atoms with van der Waals surface area (Å²) < 4.78 is 37.0. The van der Waals surface area contributed by atoms with Crippen LogP contribution >= 0.6 is 0 Å². The molecule has 1 saturated heterocycles. The van der Waals surface area contributed by atoms with Crippen LogP contribution in [0.3, 0.4) is 0 Å². The topological polar surface area (TPSA) is 112 Å². The number of carboxylic acids is 1. The zero-order valence-electron chi connectivity index (χ0n) is 24.2. The Kier molecular flexibility index (Phi) is 7.57. The highest BCUT2D eigenvalue weighted by atomic mass is 19.2. The van der Waals surface area contributed by atoms with Gasteiger partial charge in [-0.25, -0.2) is 18.6 Å². The van der Waals surface area contributed by atoms with Crippen LogP contribution in [-0.2, 0) is 11.2 Å². The molecule has 1 atom stereocenters. The highest BCUT2D eigenvalue weighted by molar-refractivity contribution is 5.97. The van der Waals surface area contributed by atoms with Crippen molar-refractivity contribution in [3.8, 4) is 22.3 Å². The minimum Gasteiger partial charge on any atom is -0.477 e. The van der Waals surface area contributed by atoms with Crippen LogP contribution in [0, 0.1) is 17.6 Å². The monoisotopic (exact) mass is 590 g/mol. The van der Waals surface area contributed by atoms with Gasteiger partial charge in [-0.05, 0) is 37.1 Å². The molecule has 1 fully saturated rings. The molecule has 2 N–H and O–H groups in total. The van der Waals surface area contributed by atoms with E-state index in [1.807, 2.05) is 0 Å². The average molecular weight is 591 g/mol. The van der Waals surface area contributed by atoms with Crippen molar-refractivity contribution in [3.05, 3.63) is 75.6 Å². The van der Waals surface area contributed by atoms with Crippen molar-refractivity contribution >= 4 is 23.0 Å². The molecule has 12 heteroatoms. The number of carbonyl (C=O) groups is 1. The number of rotatable bonds is 9. The summed E-state index contributed by atoms with van der Waals surface area (Å²) in [6.45, 7) is 3.65. The van der Waals surface area contributed by atoms with Crippen molar-refractivity contribution in [2.75, 3.05) is 64.2 Å². The number of pyridine rings is 2. The Bertz CT molecular complexity index is 1810. The van der Waals surface area contributed by atoms with Gasteiger partial charge in [0, 0.05) is 99.4 Å². The van der Waals surface area contributed by atoms with Crippen molar-refractivity contribution in [2.45, 2.75) is 12.8 Å². The molecule has 0 bridgehead atoms. The van der Waals surface area contributed by atoms with Crippen LogP contribution < -0.4 is 15.8 Å². The minimum atomic E-state index is -1.37. The van der Waals surface area contributed by atoms with Crippen molar-refractivity contribution in [3.63, 3.8) is 0 Å². The molecule has 1 aliphatic heterocycles. The number of hydrogen-bond acceptors (Lipinski definition) is 8. The van der Waals surface area contributed by atoms with E-state index in [1.54, 1.807) is 32.5 Å². The number of anilines is 2. The number of carboxylic acid groups (broad SMARTS) is 1. The van der Waals surface area contributed by atoms with Crippen molar-refractivity contribution < 1.29 is 23.4 Å². The molecule has 43 heavy (non-hydrogen) atoms. The molecule has 0 saturated carbocycles. The fourth-order valence-electron chi connectivity index (χ4n) is 6.32. The summed E-state index contributed by atoms with van der Waals surface area (Å²) in [6, 6.07) is 4.58. The summed E-state index contributed by atoms with van der Waals surface area (Å²) in [4.78, 5) is 37.9. The molecular weight excluding hydrogens is 558 g/mol. The van der Waals surface area contributed by atoms with E-state index in [0.29, 0.717) is 71.4 Å². The number of nitrogens with one attached hydrogen (secondary N) is 1. The van der Waals surface area contributed by atoms with Crippen molar-refractivity contribution in [1.29, 1.82) is 0 Å². The minimum absolute atomic E-state index is 0.192. The lowest BCUT2D eigenvalue weighted by Crippen LogP contribution is -2.30. The molecule has 4 aromatic rings. The van der Waals surface area contributed by atoms with E-state index in [1.165, 1.54) is 16.7 Å². The average Bonchev–Trinajstić information content (AvgIpc) is 3.62. The molecular formula is C31H32F2N6O4. The Morgan fingerprint density at radius 1 is 1.23 bits per heavy atom. The summed E-state index contributed by atoms with van der Waals surface area (Å²) in [6.07, 6.45) is 5.52. The van der Waals surface area contributed by atoms with E-state index in [0.717, 1.165) is 25.7 Å². The number of hydrogen-bond donors (Lipinski definition) is 2. The van der Waals surface area contributed by atoms with Gasteiger partial charge in [0.25, 0.3) is 5.56 Å². The number of aromatic nitrogens is 3. The molecule has 0 spiro atoms. The fraction of sp³-hybridized carbons (Fsp3) is 0.355. The first kappa shape index (κ1) is 28.7. The normalized spacial score (nSPS) is 15.8. The summed E-state index contributed by atoms with van der Waals surface area (Å²) in [5.74, 6) is -2.92. The third-order valence-corrected chi connectivity index (χ3v) is 8.41. The van der Waals surface area contributed by atoms with Crippen LogP contribution in [0.4, 0.5) is 20.2 Å². The van der Waals surface area contributed by atoms with E-state index < -0.39 is 28.7 Å². The molecule has 1 aromatic carbocycles. The first-order valence-electron chi connectivity index (χ1n) is 14.1. The summed E-state index contributed by atoms with van der Waals surface area (Å²) >= 11 is 0. The first-order chi connectivity index (χ1) is 20.7. The number of nitrogens with zero attached hydrogens (tertiary/aromatic N) is 5. The van der Waals surface area contributed by atoms with Crippen molar-refractivity contribution in [2.24, 2.45) is 5.92 Å². The maximum atomic E-state index is 15.7. The number of benzene rings is 1. The van der Waals surface area contributed by atoms with Gasteiger partial charge in [-0.15, -0.1) is 0 Å². The highest BCUT2D eigenvalue weighted by Gasteiger charge is 2.36. The van der Waals surface area contributed by atoms with Crippen LogP contribution in [0.1, 0.15) is 28.0 Å². The van der Waals surface area contributed by atoms with Gasteiger partial charge in [-0.3, -0.25) is 14.2 Å². The Morgan fingerprint density at radius 2 is 2.05 bits per heavy atom. The van der Waals surface area contributed by atoms with E-state index >= 15 is 4.39 Å². The number of ether oxygens (including phenoxy) is 1. The highest BCUT2D eigenvalue weighted by Crippen LogP contribution is 2.50. The third kappa shape index (κ3) is 5.00. The lowest BCUT2D eigenvalue weighted by atomic mass is 9.97. The van der Waals surface area contributed by atoms with Gasteiger partial charge >= 0.3 is 5.97 Å². The summed E-state index contributed by atoms with van der Waals surface area (Å²) in [5.41, 5.74) is 3.55.